The van der Waals surface area contributed by atoms with Crippen molar-refractivity contribution in [3.05, 3.63) is 0 Å². The van der Waals surface area contributed by atoms with Crippen molar-refractivity contribution in [2.45, 2.75) is 83.2 Å². The summed E-state index contributed by atoms with van der Waals surface area (Å²) in [6, 6.07) is 1.49. The van der Waals surface area contributed by atoms with Crippen molar-refractivity contribution >= 4 is 0 Å². The quantitative estimate of drug-likeness (QED) is 0.789. The van der Waals surface area contributed by atoms with Gasteiger partial charge >= 0.3 is 0 Å². The fraction of sp³-hybridized carbons (Fsp3) is 1.00. The van der Waals surface area contributed by atoms with Gasteiger partial charge in [0.05, 0.1) is 0 Å². The Bertz CT molecular complexity index is 260. The highest BCUT2D eigenvalue weighted by Crippen LogP contribution is 2.32. The average molecular weight is 280 g/mol. The molecule has 2 fully saturated rings. The second-order valence-corrected chi connectivity index (χ2v) is 7.37. The fourth-order valence-corrected chi connectivity index (χ4v) is 4.64. The van der Waals surface area contributed by atoms with E-state index in [1.165, 1.54) is 70.8 Å². The second-order valence-electron chi connectivity index (χ2n) is 7.37. The normalized spacial score (nSPS) is 32.7. The smallest absolute Gasteiger partial charge is 0.0248 e. The zero-order valence-electron chi connectivity index (χ0n) is 14.0. The van der Waals surface area contributed by atoms with Gasteiger partial charge in [0, 0.05) is 18.6 Å². The molecule has 1 N–H and O–H groups in total. The largest absolute Gasteiger partial charge is 0.315 e. The molecule has 0 aliphatic heterocycles. The van der Waals surface area contributed by atoms with E-state index in [0.29, 0.717) is 0 Å². The standard InChI is InChI=1S/C18H36N2/c1-4-8-15-11-12-17(19-2)18(13-15)20(3)14-16-9-6-5-7-10-16/h15-19H,4-14H2,1-3H3. The van der Waals surface area contributed by atoms with Crippen LogP contribution < -0.4 is 5.32 Å². The molecule has 2 nitrogen and oxygen atoms in total. The lowest BCUT2D eigenvalue weighted by molar-refractivity contribution is 0.0978. The minimum Gasteiger partial charge on any atom is -0.315 e. The molecule has 2 aliphatic carbocycles. The van der Waals surface area contributed by atoms with Gasteiger partial charge in [0.25, 0.3) is 0 Å². The van der Waals surface area contributed by atoms with E-state index < -0.39 is 0 Å². The van der Waals surface area contributed by atoms with Crippen molar-refractivity contribution < 1.29 is 0 Å². The Morgan fingerprint density at radius 1 is 1.00 bits per heavy atom. The lowest BCUT2D eigenvalue weighted by Gasteiger charge is -2.42. The van der Waals surface area contributed by atoms with Crippen molar-refractivity contribution in [2.75, 3.05) is 20.6 Å². The molecule has 2 rings (SSSR count). The number of hydrogen-bond acceptors (Lipinski definition) is 2. The first-order valence-electron chi connectivity index (χ1n) is 9.12. The first-order chi connectivity index (χ1) is 9.74. The minimum atomic E-state index is 0.719. The van der Waals surface area contributed by atoms with Gasteiger partial charge in [-0.15, -0.1) is 0 Å². The number of nitrogens with zero attached hydrogens (tertiary/aromatic N) is 1. The topological polar surface area (TPSA) is 15.3 Å². The molecule has 2 saturated carbocycles. The van der Waals surface area contributed by atoms with Crippen LogP contribution in [0.2, 0.25) is 0 Å². The first-order valence-corrected chi connectivity index (χ1v) is 9.12. The van der Waals surface area contributed by atoms with Crippen molar-refractivity contribution in [1.82, 2.24) is 10.2 Å². The van der Waals surface area contributed by atoms with Crippen LogP contribution in [0.25, 0.3) is 0 Å². The molecule has 3 unspecified atom stereocenters. The van der Waals surface area contributed by atoms with E-state index in [9.17, 15) is 0 Å². The fourth-order valence-electron chi connectivity index (χ4n) is 4.64. The monoisotopic (exact) mass is 280 g/mol. The average Bonchev–Trinajstić information content (AvgIpc) is 2.48. The molecule has 0 radical (unpaired) electrons. The van der Waals surface area contributed by atoms with Crippen molar-refractivity contribution in [3.8, 4) is 0 Å². The van der Waals surface area contributed by atoms with Gasteiger partial charge in [-0.05, 0) is 58.0 Å². The maximum Gasteiger partial charge on any atom is 0.0248 e. The van der Waals surface area contributed by atoms with Gasteiger partial charge in [0.2, 0.25) is 0 Å². The van der Waals surface area contributed by atoms with E-state index in [2.05, 4.69) is 31.2 Å². The third-order valence-electron chi connectivity index (χ3n) is 5.83. The van der Waals surface area contributed by atoms with Crippen LogP contribution in [-0.4, -0.2) is 37.6 Å². The van der Waals surface area contributed by atoms with Crippen molar-refractivity contribution in [2.24, 2.45) is 11.8 Å². The third kappa shape index (κ3) is 4.46. The Labute approximate surface area is 126 Å². The van der Waals surface area contributed by atoms with E-state index in [1.54, 1.807) is 0 Å². The van der Waals surface area contributed by atoms with Crippen molar-refractivity contribution in [3.63, 3.8) is 0 Å². The zero-order chi connectivity index (χ0) is 14.4. The van der Waals surface area contributed by atoms with Crippen LogP contribution in [-0.2, 0) is 0 Å². The van der Waals surface area contributed by atoms with Gasteiger partial charge in [-0.1, -0.05) is 39.0 Å². The number of nitrogens with one attached hydrogen (secondary N) is 1. The van der Waals surface area contributed by atoms with E-state index in [0.717, 1.165) is 23.9 Å². The molecule has 118 valence electrons. The molecule has 0 aromatic heterocycles. The minimum absolute atomic E-state index is 0.719. The molecule has 0 saturated heterocycles. The Hall–Kier alpha value is -0.0800. The van der Waals surface area contributed by atoms with E-state index in [-0.39, 0.29) is 0 Å². The van der Waals surface area contributed by atoms with Gasteiger partial charge in [-0.25, -0.2) is 0 Å². The third-order valence-corrected chi connectivity index (χ3v) is 5.83. The maximum atomic E-state index is 3.59. The molecule has 0 aromatic rings. The summed E-state index contributed by atoms with van der Waals surface area (Å²) in [6.07, 6.45) is 14.4. The van der Waals surface area contributed by atoms with Crippen LogP contribution >= 0.6 is 0 Å². The summed E-state index contributed by atoms with van der Waals surface area (Å²) in [5.74, 6) is 1.95. The predicted molar refractivity (Wildman–Crippen MR) is 88.1 cm³/mol. The molecule has 0 aromatic carbocycles. The SMILES string of the molecule is CCCC1CCC(NC)C(N(C)CC2CCCCC2)C1. The maximum absolute atomic E-state index is 3.59. The Balaban J connectivity index is 1.87. The van der Waals surface area contributed by atoms with Gasteiger partial charge in [0.1, 0.15) is 0 Å². The summed E-state index contributed by atoms with van der Waals surface area (Å²) in [6.45, 7) is 3.67. The van der Waals surface area contributed by atoms with Crippen LogP contribution in [0.4, 0.5) is 0 Å². The molecule has 2 heteroatoms. The van der Waals surface area contributed by atoms with Gasteiger partial charge < -0.3 is 10.2 Å². The van der Waals surface area contributed by atoms with Gasteiger partial charge in [-0.2, -0.15) is 0 Å². The predicted octanol–water partition coefficient (Wildman–Crippen LogP) is 4.06. The number of rotatable bonds is 6. The molecular formula is C18H36N2. The lowest BCUT2D eigenvalue weighted by Crippen LogP contribution is -2.52. The number of hydrogen-bond donors (Lipinski definition) is 1. The van der Waals surface area contributed by atoms with Gasteiger partial charge in [0.15, 0.2) is 0 Å². The Morgan fingerprint density at radius 2 is 1.75 bits per heavy atom. The van der Waals surface area contributed by atoms with Gasteiger partial charge in [-0.3, -0.25) is 0 Å². The van der Waals surface area contributed by atoms with E-state index in [4.69, 9.17) is 0 Å². The summed E-state index contributed by atoms with van der Waals surface area (Å²) in [4.78, 5) is 2.71. The summed E-state index contributed by atoms with van der Waals surface area (Å²) in [5, 5.41) is 3.59. The highest BCUT2D eigenvalue weighted by Gasteiger charge is 2.32. The summed E-state index contributed by atoms with van der Waals surface area (Å²) < 4.78 is 0. The van der Waals surface area contributed by atoms with E-state index in [1.807, 2.05) is 0 Å². The van der Waals surface area contributed by atoms with Crippen LogP contribution in [0.1, 0.15) is 71.1 Å². The first kappa shape index (κ1) is 16.3. The highest BCUT2D eigenvalue weighted by molar-refractivity contribution is 4.90. The summed E-state index contributed by atoms with van der Waals surface area (Å²) in [5.41, 5.74) is 0. The summed E-state index contributed by atoms with van der Waals surface area (Å²) in [7, 11) is 4.55. The molecule has 0 amide bonds. The highest BCUT2D eigenvalue weighted by atomic mass is 15.2. The molecular weight excluding hydrogens is 244 g/mol. The lowest BCUT2D eigenvalue weighted by atomic mass is 9.79. The van der Waals surface area contributed by atoms with Crippen molar-refractivity contribution in [1.29, 1.82) is 0 Å². The van der Waals surface area contributed by atoms with Crippen LogP contribution in [0, 0.1) is 11.8 Å². The molecule has 0 spiro atoms. The van der Waals surface area contributed by atoms with E-state index >= 15 is 0 Å². The molecule has 0 bridgehead atoms. The number of likely N-dealkylation sites (N-methyl/N-ethyl adjacent to an activating group) is 2. The second kappa shape index (κ2) is 8.38. The molecule has 0 heterocycles. The zero-order valence-corrected chi connectivity index (χ0v) is 14.0. The molecule has 20 heavy (non-hydrogen) atoms. The Kier molecular flexibility index (Phi) is 6.83. The molecule has 2 aliphatic rings. The Morgan fingerprint density at radius 3 is 2.40 bits per heavy atom. The summed E-state index contributed by atoms with van der Waals surface area (Å²) >= 11 is 0. The molecule has 3 atom stereocenters. The van der Waals surface area contributed by atoms with Crippen LogP contribution in [0.15, 0.2) is 0 Å². The van der Waals surface area contributed by atoms with Crippen LogP contribution in [0.5, 0.6) is 0 Å². The van der Waals surface area contributed by atoms with Crippen LogP contribution in [0.3, 0.4) is 0 Å².